The summed E-state index contributed by atoms with van der Waals surface area (Å²) < 4.78 is 0. The van der Waals surface area contributed by atoms with Gasteiger partial charge in [0.1, 0.15) is 5.01 Å². The Balaban J connectivity index is 1.80. The highest BCUT2D eigenvalue weighted by Crippen LogP contribution is 2.30. The quantitative estimate of drug-likeness (QED) is 0.809. The normalized spacial score (nSPS) is 14.6. The number of thiazole rings is 1. The third-order valence-corrected chi connectivity index (χ3v) is 5.15. The van der Waals surface area contributed by atoms with E-state index in [0.29, 0.717) is 0 Å². The molecule has 0 spiro atoms. The molecule has 112 valence electrons. The summed E-state index contributed by atoms with van der Waals surface area (Å²) in [6.07, 6.45) is 6.02. The number of aromatic nitrogens is 1. The summed E-state index contributed by atoms with van der Waals surface area (Å²) in [5.74, 6) is 0. The summed E-state index contributed by atoms with van der Waals surface area (Å²) >= 11 is 1.86. The van der Waals surface area contributed by atoms with E-state index in [-0.39, 0.29) is 0 Å². The second kappa shape index (κ2) is 6.71. The summed E-state index contributed by atoms with van der Waals surface area (Å²) in [5.41, 5.74) is 3.94. The van der Waals surface area contributed by atoms with Crippen LogP contribution in [0.5, 0.6) is 0 Å². The number of aryl methyl sites for hydroxylation is 2. The fourth-order valence-electron chi connectivity index (χ4n) is 2.48. The minimum absolute atomic E-state index is 0.758. The van der Waals surface area contributed by atoms with Crippen LogP contribution >= 0.6 is 11.3 Å². The minimum atomic E-state index is 0.758. The molecule has 1 heterocycles. The van der Waals surface area contributed by atoms with Gasteiger partial charge in [-0.3, -0.25) is 0 Å². The predicted octanol–water partition coefficient (Wildman–Crippen LogP) is 4.58. The van der Waals surface area contributed by atoms with Gasteiger partial charge in [0.2, 0.25) is 0 Å². The molecule has 0 aliphatic heterocycles. The van der Waals surface area contributed by atoms with E-state index in [1.807, 2.05) is 11.3 Å². The van der Waals surface area contributed by atoms with Crippen molar-refractivity contribution < 1.29 is 0 Å². The van der Waals surface area contributed by atoms with Crippen LogP contribution in [0.15, 0.2) is 24.3 Å². The van der Waals surface area contributed by atoms with Crippen molar-refractivity contribution in [3.63, 3.8) is 0 Å². The fraction of sp³-hybridized carbons (Fsp3) is 0.500. The topological polar surface area (TPSA) is 24.9 Å². The summed E-state index contributed by atoms with van der Waals surface area (Å²) in [4.78, 5) is 6.33. The van der Waals surface area contributed by atoms with Gasteiger partial charge in [-0.05, 0) is 31.2 Å². The van der Waals surface area contributed by atoms with Crippen LogP contribution in [-0.2, 0) is 19.4 Å². The van der Waals surface area contributed by atoms with Crippen molar-refractivity contribution in [1.29, 1.82) is 0 Å². The van der Waals surface area contributed by atoms with E-state index in [1.165, 1.54) is 39.5 Å². The molecule has 0 atom stereocenters. The first kappa shape index (κ1) is 14.7. The monoisotopic (exact) mass is 300 g/mol. The molecule has 1 fully saturated rings. The van der Waals surface area contributed by atoms with Gasteiger partial charge in [0, 0.05) is 23.0 Å². The highest BCUT2D eigenvalue weighted by Gasteiger charge is 2.21. The van der Waals surface area contributed by atoms with Crippen LogP contribution in [-0.4, -0.2) is 11.0 Å². The third-order valence-electron chi connectivity index (χ3n) is 4.00. The fourth-order valence-corrected chi connectivity index (χ4v) is 3.55. The first-order valence-corrected chi connectivity index (χ1v) is 8.93. The number of hydrogen-bond acceptors (Lipinski definition) is 3. The van der Waals surface area contributed by atoms with Crippen LogP contribution in [0.25, 0.3) is 10.6 Å². The molecule has 1 saturated carbocycles. The van der Waals surface area contributed by atoms with Crippen molar-refractivity contribution in [1.82, 2.24) is 10.3 Å². The Hall–Kier alpha value is -1.19. The lowest BCUT2D eigenvalue weighted by atomic mass is 10.1. The van der Waals surface area contributed by atoms with E-state index in [9.17, 15) is 0 Å². The lowest BCUT2D eigenvalue weighted by molar-refractivity contribution is 0.686. The van der Waals surface area contributed by atoms with Crippen molar-refractivity contribution in [2.24, 2.45) is 0 Å². The van der Waals surface area contributed by atoms with Gasteiger partial charge in [-0.2, -0.15) is 0 Å². The molecule has 0 unspecified atom stereocenters. The Morgan fingerprint density at radius 2 is 1.95 bits per heavy atom. The zero-order chi connectivity index (χ0) is 14.7. The minimum Gasteiger partial charge on any atom is -0.309 e. The molecule has 0 bridgehead atoms. The molecule has 21 heavy (non-hydrogen) atoms. The number of hydrogen-bond donors (Lipinski definition) is 1. The van der Waals surface area contributed by atoms with Crippen molar-refractivity contribution in [3.8, 4) is 10.6 Å². The van der Waals surface area contributed by atoms with Crippen LogP contribution < -0.4 is 5.32 Å². The molecule has 3 heteroatoms. The summed E-state index contributed by atoms with van der Waals surface area (Å²) in [6.45, 7) is 5.41. The molecule has 1 aliphatic rings. The molecular formula is C18H24N2S. The molecule has 1 aromatic carbocycles. The van der Waals surface area contributed by atoms with Gasteiger partial charge in [0.25, 0.3) is 0 Å². The van der Waals surface area contributed by atoms with Crippen LogP contribution in [0.3, 0.4) is 0 Å². The first-order valence-electron chi connectivity index (χ1n) is 8.11. The van der Waals surface area contributed by atoms with Gasteiger partial charge in [0.15, 0.2) is 0 Å². The SMILES string of the molecule is CCCc1nc(-c2ccc(CC)cc2)sc1CNC1CC1. The largest absolute Gasteiger partial charge is 0.309 e. The Morgan fingerprint density at radius 1 is 1.19 bits per heavy atom. The average Bonchev–Trinajstić information content (AvgIpc) is 3.27. The van der Waals surface area contributed by atoms with Crippen LogP contribution in [0, 0.1) is 0 Å². The molecule has 0 saturated heterocycles. The second-order valence-corrected chi connectivity index (χ2v) is 6.93. The molecule has 1 aliphatic carbocycles. The van der Waals surface area contributed by atoms with Crippen LogP contribution in [0.4, 0.5) is 0 Å². The highest BCUT2D eigenvalue weighted by atomic mass is 32.1. The Kier molecular flexibility index (Phi) is 4.71. The maximum absolute atomic E-state index is 4.90. The Labute approximate surface area is 131 Å². The van der Waals surface area contributed by atoms with Crippen molar-refractivity contribution in [2.45, 2.75) is 58.5 Å². The van der Waals surface area contributed by atoms with Gasteiger partial charge in [0.05, 0.1) is 5.69 Å². The summed E-state index contributed by atoms with van der Waals surface area (Å²) in [7, 11) is 0. The Morgan fingerprint density at radius 3 is 2.57 bits per heavy atom. The summed E-state index contributed by atoms with van der Waals surface area (Å²) in [5, 5.41) is 4.80. The third kappa shape index (κ3) is 3.72. The first-order chi connectivity index (χ1) is 10.3. The van der Waals surface area contributed by atoms with Crippen LogP contribution in [0.2, 0.25) is 0 Å². The standard InChI is InChI=1S/C18H24N2S/c1-3-5-16-17(12-19-15-10-11-15)21-18(20-16)14-8-6-13(4-2)7-9-14/h6-9,15,19H,3-5,10-12H2,1-2H3. The molecular weight excluding hydrogens is 276 g/mol. The molecule has 3 rings (SSSR count). The van der Waals surface area contributed by atoms with Gasteiger partial charge in [-0.1, -0.05) is 44.5 Å². The Bertz CT molecular complexity index is 582. The maximum Gasteiger partial charge on any atom is 0.123 e. The predicted molar refractivity (Wildman–Crippen MR) is 90.8 cm³/mol. The number of nitrogens with one attached hydrogen (secondary N) is 1. The van der Waals surface area contributed by atoms with Gasteiger partial charge >= 0.3 is 0 Å². The molecule has 2 aromatic rings. The van der Waals surface area contributed by atoms with Crippen LogP contribution in [0.1, 0.15) is 49.2 Å². The van der Waals surface area contributed by atoms with Crippen molar-refractivity contribution in [3.05, 3.63) is 40.4 Å². The molecule has 1 N–H and O–H groups in total. The van der Waals surface area contributed by atoms with E-state index >= 15 is 0 Å². The van der Waals surface area contributed by atoms with E-state index < -0.39 is 0 Å². The summed E-state index contributed by atoms with van der Waals surface area (Å²) in [6, 6.07) is 9.63. The van der Waals surface area contributed by atoms with Crippen molar-refractivity contribution >= 4 is 11.3 Å². The lowest BCUT2D eigenvalue weighted by Crippen LogP contribution is -2.15. The van der Waals surface area contributed by atoms with Crippen molar-refractivity contribution in [2.75, 3.05) is 0 Å². The van der Waals surface area contributed by atoms with E-state index in [0.717, 1.165) is 31.8 Å². The number of benzene rings is 1. The van der Waals surface area contributed by atoms with Gasteiger partial charge in [-0.15, -0.1) is 11.3 Å². The molecule has 0 amide bonds. The zero-order valence-corrected chi connectivity index (χ0v) is 13.8. The van der Waals surface area contributed by atoms with E-state index in [2.05, 4.69) is 43.4 Å². The highest BCUT2D eigenvalue weighted by molar-refractivity contribution is 7.15. The van der Waals surface area contributed by atoms with E-state index in [4.69, 9.17) is 4.98 Å². The van der Waals surface area contributed by atoms with E-state index in [1.54, 1.807) is 0 Å². The van der Waals surface area contributed by atoms with Gasteiger partial charge < -0.3 is 5.32 Å². The second-order valence-electron chi connectivity index (χ2n) is 5.84. The zero-order valence-electron chi connectivity index (χ0n) is 13.0. The number of rotatable bonds is 7. The average molecular weight is 300 g/mol. The van der Waals surface area contributed by atoms with Gasteiger partial charge in [-0.25, -0.2) is 4.98 Å². The maximum atomic E-state index is 4.90. The molecule has 0 radical (unpaired) electrons. The molecule has 2 nitrogen and oxygen atoms in total. The lowest BCUT2D eigenvalue weighted by Gasteiger charge is -2.01. The number of nitrogens with zero attached hydrogens (tertiary/aromatic N) is 1. The molecule has 1 aromatic heterocycles. The smallest absolute Gasteiger partial charge is 0.123 e.